The van der Waals surface area contributed by atoms with Crippen molar-refractivity contribution in [2.24, 2.45) is 5.92 Å². The van der Waals surface area contributed by atoms with E-state index in [1.54, 1.807) is 6.92 Å². The summed E-state index contributed by atoms with van der Waals surface area (Å²) in [5, 5.41) is 5.52. The van der Waals surface area contributed by atoms with E-state index < -0.39 is 5.97 Å². The van der Waals surface area contributed by atoms with Crippen molar-refractivity contribution in [1.29, 1.82) is 0 Å². The highest BCUT2D eigenvalue weighted by Crippen LogP contribution is 2.27. The minimum Gasteiger partial charge on any atom is -0.465 e. The molecule has 1 aliphatic carbocycles. The highest BCUT2D eigenvalue weighted by Gasteiger charge is 2.20. The molecular formula is C10H18N2O3. The van der Waals surface area contributed by atoms with Crippen LogP contribution < -0.4 is 10.6 Å². The quantitative estimate of drug-likeness (QED) is 0.569. The first-order valence-corrected chi connectivity index (χ1v) is 5.35. The highest BCUT2D eigenvalue weighted by molar-refractivity contribution is 5.83. The van der Waals surface area contributed by atoms with E-state index in [4.69, 9.17) is 0 Å². The fourth-order valence-corrected chi connectivity index (χ4v) is 1.16. The van der Waals surface area contributed by atoms with Gasteiger partial charge in [0.1, 0.15) is 6.54 Å². The number of hydrogen-bond acceptors (Lipinski definition) is 4. The predicted molar refractivity (Wildman–Crippen MR) is 55.2 cm³/mol. The second-order valence-electron chi connectivity index (χ2n) is 3.66. The Kier molecular flexibility index (Phi) is 5.10. The Morgan fingerprint density at radius 1 is 1.33 bits per heavy atom. The highest BCUT2D eigenvalue weighted by atomic mass is 16.5. The van der Waals surface area contributed by atoms with Gasteiger partial charge in [0.15, 0.2) is 0 Å². The summed E-state index contributed by atoms with van der Waals surface area (Å²) < 4.78 is 4.67. The summed E-state index contributed by atoms with van der Waals surface area (Å²) in [4.78, 5) is 22.1. The molecule has 1 saturated carbocycles. The van der Waals surface area contributed by atoms with Gasteiger partial charge in [-0.3, -0.25) is 9.59 Å². The number of ether oxygens (including phenoxy) is 1. The Hall–Kier alpha value is -1.10. The predicted octanol–water partition coefficient (Wildman–Crippen LogP) is -0.335. The fourth-order valence-electron chi connectivity index (χ4n) is 1.16. The third-order valence-electron chi connectivity index (χ3n) is 2.15. The second kappa shape index (κ2) is 6.40. The SMILES string of the molecule is CCOC(=O)CNC(=O)CNCC1CC1. The molecule has 1 aliphatic rings. The summed E-state index contributed by atoms with van der Waals surface area (Å²) >= 11 is 0. The number of esters is 1. The zero-order chi connectivity index (χ0) is 11.1. The van der Waals surface area contributed by atoms with Crippen LogP contribution in [0.15, 0.2) is 0 Å². The monoisotopic (exact) mass is 214 g/mol. The standard InChI is InChI=1S/C10H18N2O3/c1-2-15-10(14)7-12-9(13)6-11-5-8-3-4-8/h8,11H,2-7H2,1H3,(H,12,13). The molecule has 0 aromatic rings. The minimum atomic E-state index is -0.395. The zero-order valence-corrected chi connectivity index (χ0v) is 9.04. The van der Waals surface area contributed by atoms with Crippen LogP contribution in [0.1, 0.15) is 19.8 Å². The van der Waals surface area contributed by atoms with Crippen LogP contribution in [-0.4, -0.2) is 38.1 Å². The molecule has 1 amide bonds. The third kappa shape index (κ3) is 6.06. The van der Waals surface area contributed by atoms with E-state index in [2.05, 4.69) is 15.4 Å². The van der Waals surface area contributed by atoms with Gasteiger partial charge in [0.05, 0.1) is 13.2 Å². The van der Waals surface area contributed by atoms with Gasteiger partial charge in [0.25, 0.3) is 0 Å². The molecule has 0 radical (unpaired) electrons. The van der Waals surface area contributed by atoms with Crippen LogP contribution in [0.25, 0.3) is 0 Å². The number of nitrogens with one attached hydrogen (secondary N) is 2. The van der Waals surface area contributed by atoms with Crippen LogP contribution in [0.2, 0.25) is 0 Å². The molecule has 0 aromatic heterocycles. The Morgan fingerprint density at radius 2 is 2.07 bits per heavy atom. The van der Waals surface area contributed by atoms with Crippen molar-refractivity contribution in [2.75, 3.05) is 26.2 Å². The average Bonchev–Trinajstić information content (AvgIpc) is 2.99. The molecule has 0 bridgehead atoms. The summed E-state index contributed by atoms with van der Waals surface area (Å²) in [6.07, 6.45) is 2.52. The Labute approximate surface area is 89.6 Å². The fraction of sp³-hybridized carbons (Fsp3) is 0.800. The van der Waals surface area contributed by atoms with Crippen LogP contribution in [0.4, 0.5) is 0 Å². The molecule has 1 rings (SSSR count). The summed E-state index contributed by atoms with van der Waals surface area (Å²) in [7, 11) is 0. The van der Waals surface area contributed by atoms with E-state index in [9.17, 15) is 9.59 Å². The number of rotatable bonds is 7. The third-order valence-corrected chi connectivity index (χ3v) is 2.15. The summed E-state index contributed by atoms with van der Waals surface area (Å²) in [6.45, 7) is 3.20. The molecular weight excluding hydrogens is 196 g/mol. The normalized spacial score (nSPS) is 14.7. The number of carbonyl (C=O) groups is 2. The summed E-state index contributed by atoms with van der Waals surface area (Å²) in [6, 6.07) is 0. The van der Waals surface area contributed by atoms with Crippen molar-refractivity contribution in [3.8, 4) is 0 Å². The maximum Gasteiger partial charge on any atom is 0.325 e. The number of carbonyl (C=O) groups excluding carboxylic acids is 2. The van der Waals surface area contributed by atoms with Gasteiger partial charge in [-0.25, -0.2) is 0 Å². The molecule has 0 unspecified atom stereocenters. The van der Waals surface area contributed by atoms with Crippen molar-refractivity contribution in [1.82, 2.24) is 10.6 Å². The molecule has 2 N–H and O–H groups in total. The van der Waals surface area contributed by atoms with Crippen LogP contribution in [0.3, 0.4) is 0 Å². The van der Waals surface area contributed by atoms with E-state index in [0.717, 1.165) is 12.5 Å². The van der Waals surface area contributed by atoms with Gasteiger partial charge in [0, 0.05) is 0 Å². The molecule has 0 spiro atoms. The first kappa shape index (κ1) is 12.0. The van der Waals surface area contributed by atoms with Crippen molar-refractivity contribution in [3.63, 3.8) is 0 Å². The van der Waals surface area contributed by atoms with E-state index in [-0.39, 0.29) is 19.0 Å². The molecule has 0 atom stereocenters. The molecule has 86 valence electrons. The topological polar surface area (TPSA) is 67.4 Å². The van der Waals surface area contributed by atoms with Gasteiger partial charge in [-0.05, 0) is 32.2 Å². The molecule has 0 aliphatic heterocycles. The van der Waals surface area contributed by atoms with Crippen LogP contribution in [0, 0.1) is 5.92 Å². The average molecular weight is 214 g/mol. The molecule has 15 heavy (non-hydrogen) atoms. The van der Waals surface area contributed by atoms with Gasteiger partial charge in [0.2, 0.25) is 5.91 Å². The van der Waals surface area contributed by atoms with Crippen LogP contribution in [0.5, 0.6) is 0 Å². The van der Waals surface area contributed by atoms with Gasteiger partial charge < -0.3 is 15.4 Å². The first-order valence-electron chi connectivity index (χ1n) is 5.35. The van der Waals surface area contributed by atoms with Gasteiger partial charge in [-0.2, -0.15) is 0 Å². The lowest BCUT2D eigenvalue weighted by Crippen LogP contribution is -2.37. The Morgan fingerprint density at radius 3 is 2.67 bits per heavy atom. The van der Waals surface area contributed by atoms with E-state index in [1.165, 1.54) is 12.8 Å². The smallest absolute Gasteiger partial charge is 0.325 e. The molecule has 5 nitrogen and oxygen atoms in total. The maximum absolute atomic E-state index is 11.2. The lowest BCUT2D eigenvalue weighted by atomic mass is 10.4. The second-order valence-corrected chi connectivity index (χ2v) is 3.66. The van der Waals surface area contributed by atoms with E-state index >= 15 is 0 Å². The molecule has 5 heteroatoms. The zero-order valence-electron chi connectivity index (χ0n) is 9.04. The molecule has 0 saturated heterocycles. The largest absolute Gasteiger partial charge is 0.465 e. The van der Waals surface area contributed by atoms with Gasteiger partial charge in [-0.15, -0.1) is 0 Å². The maximum atomic E-state index is 11.2. The van der Waals surface area contributed by atoms with Crippen molar-refractivity contribution in [2.45, 2.75) is 19.8 Å². The number of hydrogen-bond donors (Lipinski definition) is 2. The van der Waals surface area contributed by atoms with E-state index in [0.29, 0.717) is 6.61 Å². The van der Waals surface area contributed by atoms with Crippen molar-refractivity contribution >= 4 is 11.9 Å². The molecule has 0 heterocycles. The lowest BCUT2D eigenvalue weighted by Gasteiger charge is -2.05. The van der Waals surface area contributed by atoms with Crippen molar-refractivity contribution in [3.05, 3.63) is 0 Å². The molecule has 1 fully saturated rings. The summed E-state index contributed by atoms with van der Waals surface area (Å²) in [5.41, 5.74) is 0. The minimum absolute atomic E-state index is 0.0439. The Bertz CT molecular complexity index is 227. The van der Waals surface area contributed by atoms with Gasteiger partial charge >= 0.3 is 5.97 Å². The van der Waals surface area contributed by atoms with Crippen LogP contribution in [-0.2, 0) is 14.3 Å². The Balaban J connectivity index is 1.94. The summed E-state index contributed by atoms with van der Waals surface area (Å²) in [5.74, 6) is 0.194. The first-order chi connectivity index (χ1) is 7.22. The van der Waals surface area contributed by atoms with Gasteiger partial charge in [-0.1, -0.05) is 0 Å². The van der Waals surface area contributed by atoms with Crippen LogP contribution >= 0.6 is 0 Å². The number of amides is 1. The van der Waals surface area contributed by atoms with Crippen molar-refractivity contribution < 1.29 is 14.3 Å². The lowest BCUT2D eigenvalue weighted by molar-refractivity contribution is -0.143. The molecule has 0 aromatic carbocycles. The van der Waals surface area contributed by atoms with E-state index in [1.807, 2.05) is 0 Å².